The maximum atomic E-state index is 13.5. The summed E-state index contributed by atoms with van der Waals surface area (Å²) >= 11 is 3.60. The van der Waals surface area contributed by atoms with Gasteiger partial charge < -0.3 is 0 Å². The van der Waals surface area contributed by atoms with Crippen LogP contribution in [-0.4, -0.2) is 11.6 Å². The van der Waals surface area contributed by atoms with Crippen molar-refractivity contribution in [2.75, 3.05) is 0 Å². The summed E-state index contributed by atoms with van der Waals surface area (Å²) in [5.41, 5.74) is 7.44. The standard InChI is InChI=1S/C36H16O2S2/c37-33-21-7-3-1-5-17(21)19-13-15-27-31-25(11-9-23(33)29(19)31)35(39-27)36-26-12-10-24-30-20(14-16-28(40-36)32(26)30)18-6-2-4-8-22(18)34(24)38/h1-16H/b36-35-. The number of hydrogen-bond donors (Lipinski definition) is 0. The second-order valence-electron chi connectivity index (χ2n) is 10.7. The van der Waals surface area contributed by atoms with E-state index in [0.29, 0.717) is 0 Å². The zero-order valence-corrected chi connectivity index (χ0v) is 22.5. The van der Waals surface area contributed by atoms with Crippen molar-refractivity contribution in [2.45, 2.75) is 0 Å². The molecule has 0 fully saturated rings. The van der Waals surface area contributed by atoms with Gasteiger partial charge in [-0.1, -0.05) is 72.8 Å². The molecule has 0 atom stereocenters. The van der Waals surface area contributed by atoms with Gasteiger partial charge in [-0.25, -0.2) is 0 Å². The lowest BCUT2D eigenvalue weighted by atomic mass is 9.82. The predicted octanol–water partition coefficient (Wildman–Crippen LogP) is 9.57. The first-order valence-electron chi connectivity index (χ1n) is 13.3. The third-order valence-electron chi connectivity index (χ3n) is 8.78. The van der Waals surface area contributed by atoms with Gasteiger partial charge in [0.05, 0.1) is 9.06 Å². The molecule has 40 heavy (non-hydrogen) atoms. The summed E-state index contributed by atoms with van der Waals surface area (Å²) in [6, 6.07) is 33.0. The van der Waals surface area contributed by atoms with E-state index in [2.05, 4.69) is 48.5 Å². The van der Waals surface area contributed by atoms with Crippen LogP contribution in [0.5, 0.6) is 0 Å². The Morgan fingerprint density at radius 1 is 0.350 bits per heavy atom. The molecule has 2 aliphatic carbocycles. The summed E-state index contributed by atoms with van der Waals surface area (Å²) in [6.07, 6.45) is 0. The summed E-state index contributed by atoms with van der Waals surface area (Å²) in [5, 5.41) is 6.88. The van der Waals surface area contributed by atoms with Gasteiger partial charge in [0, 0.05) is 64.0 Å². The van der Waals surface area contributed by atoms with Crippen molar-refractivity contribution >= 4 is 76.0 Å². The number of carbonyl (C=O) groups is 2. The molecular weight excluding hydrogens is 529 g/mol. The molecule has 0 unspecified atom stereocenters. The van der Waals surface area contributed by atoms with E-state index in [9.17, 15) is 9.59 Å². The first-order chi connectivity index (χ1) is 19.7. The molecular formula is C36H16O2S2. The Labute approximate surface area is 235 Å². The van der Waals surface area contributed by atoms with Crippen molar-refractivity contribution < 1.29 is 9.59 Å². The fourth-order valence-corrected chi connectivity index (χ4v) is 9.65. The molecule has 2 aromatic heterocycles. The second-order valence-corrected chi connectivity index (χ2v) is 12.8. The van der Waals surface area contributed by atoms with Crippen LogP contribution in [0, 0.1) is 9.06 Å². The molecule has 8 aromatic rings. The Morgan fingerprint density at radius 3 is 1.20 bits per heavy atom. The summed E-state index contributed by atoms with van der Waals surface area (Å²) in [6.45, 7) is 0. The van der Waals surface area contributed by atoms with Crippen LogP contribution in [0.25, 0.3) is 64.0 Å². The normalized spacial score (nSPS) is 14.5. The first kappa shape index (κ1) is 21.2. The van der Waals surface area contributed by atoms with Gasteiger partial charge in [0.15, 0.2) is 11.6 Å². The topological polar surface area (TPSA) is 34.1 Å². The average Bonchev–Trinajstić information content (AvgIpc) is 3.57. The van der Waals surface area contributed by atoms with Crippen molar-refractivity contribution in [1.82, 2.24) is 0 Å². The highest BCUT2D eigenvalue weighted by atomic mass is 32.1. The molecule has 2 aliphatic rings. The van der Waals surface area contributed by atoms with Crippen LogP contribution >= 0.6 is 22.7 Å². The van der Waals surface area contributed by atoms with E-state index >= 15 is 0 Å². The molecule has 0 N–H and O–H groups in total. The van der Waals surface area contributed by atoms with Crippen molar-refractivity contribution in [3.8, 4) is 22.3 Å². The Hall–Kier alpha value is -4.64. The fraction of sp³-hybridized carbons (Fsp3) is 0. The molecule has 10 rings (SSSR count). The van der Waals surface area contributed by atoms with Gasteiger partial charge in [-0.05, 0) is 46.5 Å². The maximum absolute atomic E-state index is 13.5. The predicted molar refractivity (Wildman–Crippen MR) is 165 cm³/mol. The molecule has 0 aliphatic heterocycles. The van der Waals surface area contributed by atoms with Crippen LogP contribution in [0.1, 0.15) is 31.8 Å². The van der Waals surface area contributed by atoms with E-state index in [-0.39, 0.29) is 11.6 Å². The third-order valence-corrected chi connectivity index (χ3v) is 11.3. The lowest BCUT2D eigenvalue weighted by Crippen LogP contribution is -2.09. The Balaban J connectivity index is 1.38. The van der Waals surface area contributed by atoms with Crippen molar-refractivity contribution in [2.24, 2.45) is 0 Å². The van der Waals surface area contributed by atoms with Crippen LogP contribution in [0.15, 0.2) is 97.1 Å². The lowest BCUT2D eigenvalue weighted by Gasteiger charge is -2.19. The third kappa shape index (κ3) is 2.37. The number of fused-ring (bicyclic) bond motifs is 4. The van der Waals surface area contributed by atoms with Crippen LogP contribution < -0.4 is 0 Å². The molecule has 4 heteroatoms. The number of thiophene rings is 2. The number of ketones is 2. The lowest BCUT2D eigenvalue weighted by molar-refractivity contribution is 0.103. The molecule has 0 radical (unpaired) electrons. The monoisotopic (exact) mass is 544 g/mol. The molecule has 0 saturated carbocycles. The van der Waals surface area contributed by atoms with E-state index < -0.39 is 0 Å². The Morgan fingerprint density at radius 2 is 0.750 bits per heavy atom. The Bertz CT molecular complexity index is 2400. The van der Waals surface area contributed by atoms with E-state index in [1.807, 2.05) is 48.5 Å². The number of carbonyl (C=O) groups excluding carboxylic acids is 2. The SMILES string of the molecule is O=C1c2ccccc2-c2ccc3s/c(=c4\sc5ccc6c7c(ccc4c57)C(=O)c4ccccc4-6)c4ccc1c2c34. The van der Waals surface area contributed by atoms with Gasteiger partial charge in [0.2, 0.25) is 0 Å². The summed E-state index contributed by atoms with van der Waals surface area (Å²) < 4.78 is 4.84. The van der Waals surface area contributed by atoms with Crippen LogP contribution in [0.4, 0.5) is 0 Å². The minimum atomic E-state index is 0.102. The Kier molecular flexibility index (Phi) is 3.77. The van der Waals surface area contributed by atoms with Crippen molar-refractivity contribution in [3.63, 3.8) is 0 Å². The second kappa shape index (κ2) is 7.11. The van der Waals surface area contributed by atoms with Crippen molar-refractivity contribution in [1.29, 1.82) is 0 Å². The molecule has 0 bridgehead atoms. The van der Waals surface area contributed by atoms with Gasteiger partial charge in [-0.3, -0.25) is 9.59 Å². The van der Waals surface area contributed by atoms with Gasteiger partial charge in [-0.2, -0.15) is 0 Å². The van der Waals surface area contributed by atoms with E-state index in [0.717, 1.165) is 55.3 Å². The van der Waals surface area contributed by atoms with Gasteiger partial charge in [-0.15, -0.1) is 22.7 Å². The minimum absolute atomic E-state index is 0.102. The molecule has 0 amide bonds. The highest BCUT2D eigenvalue weighted by molar-refractivity contribution is 7.22. The largest absolute Gasteiger partial charge is 0.289 e. The van der Waals surface area contributed by atoms with Gasteiger partial charge in [0.25, 0.3) is 0 Å². The molecule has 0 saturated heterocycles. The van der Waals surface area contributed by atoms with Crippen LogP contribution in [-0.2, 0) is 0 Å². The van der Waals surface area contributed by atoms with E-state index in [1.54, 1.807) is 22.7 Å². The zero-order valence-electron chi connectivity index (χ0n) is 20.9. The smallest absolute Gasteiger partial charge is 0.194 e. The van der Waals surface area contributed by atoms with Crippen molar-refractivity contribution in [3.05, 3.63) is 128 Å². The molecule has 184 valence electrons. The van der Waals surface area contributed by atoms with Crippen LogP contribution in [0.3, 0.4) is 0 Å². The molecule has 2 heterocycles. The highest BCUT2D eigenvalue weighted by Crippen LogP contribution is 2.48. The highest BCUT2D eigenvalue weighted by Gasteiger charge is 2.29. The summed E-state index contributed by atoms with van der Waals surface area (Å²) in [5.74, 6) is 0.203. The molecule has 6 aromatic carbocycles. The first-order valence-corrected chi connectivity index (χ1v) is 14.9. The maximum Gasteiger partial charge on any atom is 0.194 e. The van der Waals surface area contributed by atoms with E-state index in [1.165, 1.54) is 40.0 Å². The molecule has 0 spiro atoms. The number of benzene rings is 6. The van der Waals surface area contributed by atoms with Crippen LogP contribution in [0.2, 0.25) is 0 Å². The fourth-order valence-electron chi connectivity index (χ4n) is 7.09. The van der Waals surface area contributed by atoms with E-state index in [4.69, 9.17) is 0 Å². The minimum Gasteiger partial charge on any atom is -0.289 e. The quantitative estimate of drug-likeness (QED) is 0.190. The van der Waals surface area contributed by atoms with Gasteiger partial charge in [0.1, 0.15) is 0 Å². The molecule has 2 nitrogen and oxygen atoms in total. The number of hydrogen-bond acceptors (Lipinski definition) is 4. The average molecular weight is 545 g/mol. The number of rotatable bonds is 0. The summed E-state index contributed by atoms with van der Waals surface area (Å²) in [4.78, 5) is 27.0. The van der Waals surface area contributed by atoms with Gasteiger partial charge >= 0.3 is 0 Å². The zero-order chi connectivity index (χ0) is 26.3. The summed E-state index contributed by atoms with van der Waals surface area (Å²) in [7, 11) is 0.